The molecule has 3 rings (SSSR count). The number of para-hydroxylation sites is 1. The van der Waals surface area contributed by atoms with Crippen LogP contribution in [0.3, 0.4) is 0 Å². The molecule has 1 aliphatic carbocycles. The quantitative estimate of drug-likeness (QED) is 0.289. The van der Waals surface area contributed by atoms with Gasteiger partial charge in [0.15, 0.2) is 6.10 Å². The van der Waals surface area contributed by atoms with Crippen LogP contribution in [-0.2, 0) is 18.9 Å². The van der Waals surface area contributed by atoms with Gasteiger partial charge in [-0.15, -0.1) is 5.10 Å². The number of nitrogens with zero attached hydrogens (tertiary/aromatic N) is 3. The molecule has 0 unspecified atom stereocenters. The Kier molecular flexibility index (Phi) is 13.1. The highest BCUT2D eigenvalue weighted by Crippen LogP contribution is 2.32. The minimum atomic E-state index is -1.01. The Morgan fingerprint density at radius 1 is 0.676 bits per heavy atom. The summed E-state index contributed by atoms with van der Waals surface area (Å²) in [6.07, 6.45) is 3.71. The number of ether oxygens (including phenoxy) is 4. The van der Waals surface area contributed by atoms with Crippen LogP contribution in [0.25, 0.3) is 11.0 Å². The van der Waals surface area contributed by atoms with Crippen LogP contribution in [0.4, 0.5) is 0 Å². The molecule has 1 aromatic carbocycles. The maximum atomic E-state index is 11.7. The zero-order valence-electron chi connectivity index (χ0n) is 23.1. The molecule has 0 amide bonds. The highest BCUT2D eigenvalue weighted by molar-refractivity contribution is 5.73. The van der Waals surface area contributed by atoms with Crippen molar-refractivity contribution >= 4 is 11.0 Å². The van der Waals surface area contributed by atoms with E-state index in [-0.39, 0.29) is 0 Å². The van der Waals surface area contributed by atoms with E-state index in [1.165, 1.54) is 4.85 Å². The first kappa shape index (κ1) is 29.8. The summed E-state index contributed by atoms with van der Waals surface area (Å²) in [4.78, 5) is 7.74. The lowest BCUT2D eigenvalue weighted by Gasteiger charge is -2.47. The highest BCUT2D eigenvalue weighted by atomic mass is 16.7. The standard InChI is InChI=1S/C28H47N3O6/c1-5-9-17-33-24-23(32)25(37-31-22-16-14-13-15-21(22)29-30-31)27(35-19-11-7-3)28(36-20-12-8-4)26(24)34-18-10-6-2/h13-16,23-28,32H,5-12,17-20H2,1-4H3/t23-,24-,25-,26+,27-,28-/m0/s1. The van der Waals surface area contributed by atoms with Crippen molar-refractivity contribution < 1.29 is 28.9 Å². The lowest BCUT2D eigenvalue weighted by atomic mass is 9.84. The van der Waals surface area contributed by atoms with Gasteiger partial charge in [-0.05, 0) is 43.0 Å². The van der Waals surface area contributed by atoms with Gasteiger partial charge in [0.25, 0.3) is 0 Å². The first-order valence-electron chi connectivity index (χ1n) is 14.3. The third-order valence-electron chi connectivity index (χ3n) is 6.74. The molecule has 210 valence electrons. The van der Waals surface area contributed by atoms with Crippen LogP contribution in [0.1, 0.15) is 79.1 Å². The summed E-state index contributed by atoms with van der Waals surface area (Å²) in [5, 5.41) is 20.1. The summed E-state index contributed by atoms with van der Waals surface area (Å²) in [5.74, 6) is 0. The molecule has 9 heteroatoms. The summed E-state index contributed by atoms with van der Waals surface area (Å²) in [5.41, 5.74) is 1.43. The molecule has 0 spiro atoms. The molecule has 0 aliphatic heterocycles. The predicted octanol–water partition coefficient (Wildman–Crippen LogP) is 4.34. The van der Waals surface area contributed by atoms with Gasteiger partial charge >= 0.3 is 0 Å². The molecule has 1 saturated carbocycles. The van der Waals surface area contributed by atoms with Gasteiger partial charge in [-0.25, -0.2) is 0 Å². The van der Waals surface area contributed by atoms with Crippen molar-refractivity contribution in [1.29, 1.82) is 0 Å². The molecule has 1 heterocycles. The summed E-state index contributed by atoms with van der Waals surface area (Å²) >= 11 is 0. The zero-order valence-corrected chi connectivity index (χ0v) is 23.1. The first-order valence-corrected chi connectivity index (χ1v) is 14.3. The van der Waals surface area contributed by atoms with Gasteiger partial charge in [0.05, 0.1) is 0 Å². The average Bonchev–Trinajstić information content (AvgIpc) is 3.32. The number of aliphatic hydroxyl groups excluding tert-OH is 1. The van der Waals surface area contributed by atoms with E-state index in [0.717, 1.165) is 56.9 Å². The number of hydrogen-bond donors (Lipinski definition) is 1. The zero-order chi connectivity index (χ0) is 26.5. The van der Waals surface area contributed by atoms with Gasteiger partial charge in [0, 0.05) is 26.4 Å². The number of rotatable bonds is 18. The molecule has 6 atom stereocenters. The Hall–Kier alpha value is -1.78. The van der Waals surface area contributed by atoms with Gasteiger partial charge in [-0.3, -0.25) is 0 Å². The van der Waals surface area contributed by atoms with Gasteiger partial charge in [-0.1, -0.05) is 70.4 Å². The number of aliphatic hydroxyl groups is 1. The molecular formula is C28H47N3O6. The first-order chi connectivity index (χ1) is 18.2. The van der Waals surface area contributed by atoms with E-state index < -0.39 is 36.6 Å². The van der Waals surface area contributed by atoms with Crippen molar-refractivity contribution in [1.82, 2.24) is 15.2 Å². The lowest BCUT2D eigenvalue weighted by Crippen LogP contribution is -2.68. The second-order valence-electron chi connectivity index (χ2n) is 9.77. The number of fused-ring (bicyclic) bond motifs is 1. The summed E-state index contributed by atoms with van der Waals surface area (Å²) in [6, 6.07) is 7.57. The van der Waals surface area contributed by atoms with Crippen LogP contribution < -0.4 is 4.84 Å². The van der Waals surface area contributed by atoms with Crippen LogP contribution >= 0.6 is 0 Å². The summed E-state index contributed by atoms with van der Waals surface area (Å²) in [6.45, 7) is 10.7. The molecule has 2 aromatic rings. The Bertz CT molecular complexity index is 880. The number of aromatic nitrogens is 3. The van der Waals surface area contributed by atoms with Crippen molar-refractivity contribution in [2.75, 3.05) is 26.4 Å². The van der Waals surface area contributed by atoms with Crippen molar-refractivity contribution in [2.24, 2.45) is 0 Å². The summed E-state index contributed by atoms with van der Waals surface area (Å²) in [7, 11) is 0. The maximum absolute atomic E-state index is 11.7. The number of hydrogen-bond acceptors (Lipinski definition) is 8. The van der Waals surface area contributed by atoms with E-state index in [4.69, 9.17) is 23.8 Å². The molecule has 0 bridgehead atoms. The van der Waals surface area contributed by atoms with Gasteiger partial charge in [-0.2, -0.15) is 0 Å². The molecule has 1 aromatic heterocycles. The molecule has 9 nitrogen and oxygen atoms in total. The fraction of sp³-hybridized carbons (Fsp3) is 0.786. The normalized spacial score (nSPS) is 26.1. The third-order valence-corrected chi connectivity index (χ3v) is 6.74. The second kappa shape index (κ2) is 16.2. The van der Waals surface area contributed by atoms with E-state index in [2.05, 4.69) is 38.0 Å². The summed E-state index contributed by atoms with van der Waals surface area (Å²) < 4.78 is 25.6. The van der Waals surface area contributed by atoms with E-state index in [1.54, 1.807) is 0 Å². The smallest absolute Gasteiger partial charge is 0.184 e. The fourth-order valence-corrected chi connectivity index (χ4v) is 4.52. The van der Waals surface area contributed by atoms with Crippen molar-refractivity contribution in [3.63, 3.8) is 0 Å². The third kappa shape index (κ3) is 8.10. The van der Waals surface area contributed by atoms with E-state index >= 15 is 0 Å². The van der Waals surface area contributed by atoms with Crippen LogP contribution in [0, 0.1) is 0 Å². The van der Waals surface area contributed by atoms with Crippen molar-refractivity contribution in [3.8, 4) is 0 Å². The minimum Gasteiger partial charge on any atom is -0.386 e. The number of benzene rings is 1. The molecule has 1 aliphatic rings. The number of unbranched alkanes of at least 4 members (excludes halogenated alkanes) is 4. The average molecular weight is 522 g/mol. The van der Waals surface area contributed by atoms with Crippen LogP contribution in [-0.4, -0.2) is 83.3 Å². The monoisotopic (exact) mass is 521 g/mol. The lowest BCUT2D eigenvalue weighted by molar-refractivity contribution is -0.275. The minimum absolute atomic E-state index is 0.463. The maximum Gasteiger partial charge on any atom is 0.184 e. The van der Waals surface area contributed by atoms with Gasteiger partial charge in [0.1, 0.15) is 41.6 Å². The second-order valence-corrected chi connectivity index (χ2v) is 9.77. The van der Waals surface area contributed by atoms with Crippen molar-refractivity contribution in [2.45, 2.75) is 116 Å². The van der Waals surface area contributed by atoms with Crippen molar-refractivity contribution in [3.05, 3.63) is 24.3 Å². The largest absolute Gasteiger partial charge is 0.386 e. The fourth-order valence-electron chi connectivity index (χ4n) is 4.52. The Morgan fingerprint density at radius 2 is 1.14 bits per heavy atom. The molecular weight excluding hydrogens is 474 g/mol. The van der Waals surface area contributed by atoms with Crippen LogP contribution in [0.2, 0.25) is 0 Å². The Labute approximate surface area is 221 Å². The van der Waals surface area contributed by atoms with E-state index in [1.807, 2.05) is 24.3 Å². The van der Waals surface area contributed by atoms with Gasteiger partial charge in [0.2, 0.25) is 0 Å². The predicted molar refractivity (Wildman–Crippen MR) is 142 cm³/mol. The topological polar surface area (TPSA) is 97.1 Å². The SMILES string of the molecule is CCCCO[C@@H]1[C@@H](OCCCC)[C@@H](On2nnc3ccccc32)[C@@H](O)[C@H](OCCCC)[C@H]1OCCCC. The Balaban J connectivity index is 1.96. The molecule has 1 fully saturated rings. The Morgan fingerprint density at radius 3 is 1.68 bits per heavy atom. The van der Waals surface area contributed by atoms with Crippen LogP contribution in [0.5, 0.6) is 0 Å². The van der Waals surface area contributed by atoms with E-state index in [9.17, 15) is 5.11 Å². The molecule has 37 heavy (non-hydrogen) atoms. The van der Waals surface area contributed by atoms with Gasteiger partial charge < -0.3 is 28.9 Å². The van der Waals surface area contributed by atoms with Crippen LogP contribution in [0.15, 0.2) is 24.3 Å². The molecule has 1 N–H and O–H groups in total. The highest BCUT2D eigenvalue weighted by Gasteiger charge is 2.55. The molecule has 0 radical (unpaired) electrons. The van der Waals surface area contributed by atoms with E-state index in [0.29, 0.717) is 31.9 Å². The molecule has 0 saturated heterocycles.